The van der Waals surface area contributed by atoms with Gasteiger partial charge >= 0.3 is 0 Å². The van der Waals surface area contributed by atoms with Gasteiger partial charge in [0.2, 0.25) is 11.5 Å². The van der Waals surface area contributed by atoms with Crippen LogP contribution in [0.1, 0.15) is 35.8 Å². The highest BCUT2D eigenvalue weighted by Gasteiger charge is 2.22. The Morgan fingerprint density at radius 3 is 3.00 bits per heavy atom. The van der Waals surface area contributed by atoms with Crippen LogP contribution < -0.4 is 10.9 Å². The summed E-state index contributed by atoms with van der Waals surface area (Å²) in [6, 6.07) is 13.5. The maximum Gasteiger partial charge on any atom is 0.248 e. The van der Waals surface area contributed by atoms with Crippen molar-refractivity contribution in [3.63, 3.8) is 0 Å². The summed E-state index contributed by atoms with van der Waals surface area (Å²) in [5, 5.41) is 4.29. The van der Waals surface area contributed by atoms with E-state index in [0.717, 1.165) is 47.1 Å². The minimum atomic E-state index is -0.0832. The Hall–Kier alpha value is -2.82. The number of amides is 1. The van der Waals surface area contributed by atoms with Crippen molar-refractivity contribution in [3.8, 4) is 0 Å². The number of aryl methyl sites for hydroxylation is 2. The van der Waals surface area contributed by atoms with Gasteiger partial charge in [0.15, 0.2) is 0 Å². The van der Waals surface area contributed by atoms with Crippen LogP contribution in [0.5, 0.6) is 0 Å². The van der Waals surface area contributed by atoms with Crippen molar-refractivity contribution in [2.24, 2.45) is 0 Å². The van der Waals surface area contributed by atoms with E-state index in [4.69, 9.17) is 0 Å². The summed E-state index contributed by atoms with van der Waals surface area (Å²) >= 11 is 0. The molecule has 3 aromatic rings. The number of pyridine rings is 1. The third-order valence-corrected chi connectivity index (χ3v) is 4.99. The van der Waals surface area contributed by atoms with Gasteiger partial charge in [-0.2, -0.15) is 0 Å². The Morgan fingerprint density at radius 1 is 1.28 bits per heavy atom. The number of aromatic nitrogens is 2. The molecule has 0 saturated heterocycles. The summed E-state index contributed by atoms with van der Waals surface area (Å²) in [5.74, 6) is -0.00602. The van der Waals surface area contributed by atoms with E-state index in [0.29, 0.717) is 6.54 Å². The van der Waals surface area contributed by atoms with Gasteiger partial charge in [-0.3, -0.25) is 9.59 Å². The highest BCUT2D eigenvalue weighted by atomic mass is 16.2. The number of para-hydroxylation sites is 1. The van der Waals surface area contributed by atoms with E-state index in [9.17, 15) is 9.59 Å². The molecular formula is C20H21N3O2. The van der Waals surface area contributed by atoms with Crippen molar-refractivity contribution in [1.29, 1.82) is 0 Å². The zero-order chi connectivity index (χ0) is 17.4. The van der Waals surface area contributed by atoms with Gasteiger partial charge in [-0.25, -0.2) is 0 Å². The fourth-order valence-corrected chi connectivity index (χ4v) is 3.79. The largest absolute Gasteiger partial charge is 0.348 e. The fourth-order valence-electron chi connectivity index (χ4n) is 3.79. The van der Waals surface area contributed by atoms with E-state index in [1.165, 1.54) is 6.07 Å². The number of hydrogen-bond acceptors (Lipinski definition) is 2. The molecule has 0 bridgehead atoms. The van der Waals surface area contributed by atoms with Gasteiger partial charge in [0.1, 0.15) is 6.54 Å². The molecule has 1 aromatic carbocycles. The molecule has 25 heavy (non-hydrogen) atoms. The molecule has 2 aromatic heterocycles. The molecule has 1 atom stereocenters. The molecule has 1 aliphatic carbocycles. The molecule has 5 nitrogen and oxygen atoms in total. The van der Waals surface area contributed by atoms with Gasteiger partial charge in [0, 0.05) is 23.0 Å². The second-order valence-corrected chi connectivity index (χ2v) is 6.70. The molecule has 0 saturated carbocycles. The number of aromatic amines is 1. The topological polar surface area (TPSA) is 66.9 Å². The van der Waals surface area contributed by atoms with E-state index in [2.05, 4.69) is 22.4 Å². The van der Waals surface area contributed by atoms with E-state index in [1.54, 1.807) is 0 Å². The van der Waals surface area contributed by atoms with Crippen molar-refractivity contribution in [1.82, 2.24) is 14.9 Å². The standard InChI is InChI=1S/C20H21N3O2/c1-13-11-14-5-2-3-8-18(14)23(13)12-20(25)22-17-7-4-6-16-15(17)9-10-19(24)21-16/h2-3,5,8-11,17H,4,6-7,12H2,1H3,(H,21,24)(H,22,25). The maximum absolute atomic E-state index is 12.6. The summed E-state index contributed by atoms with van der Waals surface area (Å²) in [4.78, 5) is 27.0. The first-order chi connectivity index (χ1) is 12.1. The Bertz CT molecular complexity index is 1000. The second kappa shape index (κ2) is 6.24. The normalized spacial score (nSPS) is 16.6. The van der Waals surface area contributed by atoms with Crippen molar-refractivity contribution in [3.05, 3.63) is 69.8 Å². The van der Waals surface area contributed by atoms with E-state index >= 15 is 0 Å². The molecule has 5 heteroatoms. The van der Waals surface area contributed by atoms with E-state index in [-0.39, 0.29) is 17.5 Å². The Balaban J connectivity index is 1.55. The van der Waals surface area contributed by atoms with Crippen LogP contribution in [0.4, 0.5) is 0 Å². The molecule has 0 spiro atoms. The first-order valence-electron chi connectivity index (χ1n) is 8.68. The highest BCUT2D eigenvalue weighted by Crippen LogP contribution is 2.27. The number of nitrogens with one attached hydrogen (secondary N) is 2. The molecule has 2 N–H and O–H groups in total. The van der Waals surface area contributed by atoms with Crippen molar-refractivity contribution in [2.75, 3.05) is 0 Å². The summed E-state index contributed by atoms with van der Waals surface area (Å²) in [5.41, 5.74) is 4.05. The van der Waals surface area contributed by atoms with Crippen molar-refractivity contribution < 1.29 is 4.79 Å². The van der Waals surface area contributed by atoms with Crippen LogP contribution in [-0.4, -0.2) is 15.5 Å². The predicted molar refractivity (Wildman–Crippen MR) is 97.6 cm³/mol. The van der Waals surface area contributed by atoms with Crippen LogP contribution in [0.3, 0.4) is 0 Å². The molecule has 1 amide bonds. The number of benzene rings is 1. The summed E-state index contributed by atoms with van der Waals surface area (Å²) in [6.45, 7) is 2.32. The number of rotatable bonds is 3. The van der Waals surface area contributed by atoms with Gasteiger partial charge in [-0.1, -0.05) is 18.2 Å². The molecule has 0 aliphatic heterocycles. The molecule has 128 valence electrons. The van der Waals surface area contributed by atoms with Gasteiger partial charge in [-0.15, -0.1) is 0 Å². The van der Waals surface area contributed by atoms with Crippen LogP contribution in [0.15, 0.2) is 47.3 Å². The minimum absolute atomic E-state index is 0.00602. The van der Waals surface area contributed by atoms with Crippen molar-refractivity contribution >= 4 is 16.8 Å². The zero-order valence-electron chi connectivity index (χ0n) is 14.2. The lowest BCUT2D eigenvalue weighted by Gasteiger charge is -2.26. The summed E-state index contributed by atoms with van der Waals surface area (Å²) < 4.78 is 2.04. The molecule has 4 rings (SSSR count). The number of H-pyrrole nitrogens is 1. The molecule has 1 unspecified atom stereocenters. The van der Waals surface area contributed by atoms with Crippen LogP contribution in [0.25, 0.3) is 10.9 Å². The number of carbonyl (C=O) groups excluding carboxylic acids is 1. The summed E-state index contributed by atoms with van der Waals surface area (Å²) in [7, 11) is 0. The number of nitrogens with zero attached hydrogens (tertiary/aromatic N) is 1. The fraction of sp³-hybridized carbons (Fsp3) is 0.300. The monoisotopic (exact) mass is 335 g/mol. The Labute approximate surface area is 145 Å². The van der Waals surface area contributed by atoms with Gasteiger partial charge in [0.25, 0.3) is 0 Å². The summed E-state index contributed by atoms with van der Waals surface area (Å²) in [6.07, 6.45) is 2.72. The van der Waals surface area contributed by atoms with Crippen LogP contribution in [0, 0.1) is 6.92 Å². The predicted octanol–water partition coefficient (Wildman–Crippen LogP) is 2.83. The number of hydrogen-bond donors (Lipinski definition) is 2. The molecule has 0 fully saturated rings. The van der Waals surface area contributed by atoms with Crippen LogP contribution in [-0.2, 0) is 17.8 Å². The first kappa shape index (κ1) is 15.7. The van der Waals surface area contributed by atoms with Crippen LogP contribution in [0.2, 0.25) is 0 Å². The molecule has 1 aliphatic rings. The maximum atomic E-state index is 12.6. The van der Waals surface area contributed by atoms with Crippen molar-refractivity contribution in [2.45, 2.75) is 38.8 Å². The quantitative estimate of drug-likeness (QED) is 0.773. The van der Waals surface area contributed by atoms with Crippen LogP contribution >= 0.6 is 0 Å². The van der Waals surface area contributed by atoms with E-state index < -0.39 is 0 Å². The Kier molecular flexibility index (Phi) is 3.92. The molecule has 2 heterocycles. The lowest BCUT2D eigenvalue weighted by atomic mass is 9.91. The highest BCUT2D eigenvalue weighted by molar-refractivity contribution is 5.84. The SMILES string of the molecule is Cc1cc2ccccc2n1CC(=O)NC1CCCc2[nH]c(=O)ccc21. The Morgan fingerprint density at radius 2 is 2.12 bits per heavy atom. The zero-order valence-corrected chi connectivity index (χ0v) is 14.2. The third-order valence-electron chi connectivity index (χ3n) is 4.99. The van der Waals surface area contributed by atoms with Gasteiger partial charge < -0.3 is 14.9 Å². The second-order valence-electron chi connectivity index (χ2n) is 6.70. The minimum Gasteiger partial charge on any atom is -0.348 e. The van der Waals surface area contributed by atoms with Gasteiger partial charge in [0.05, 0.1) is 6.04 Å². The lowest BCUT2D eigenvalue weighted by Crippen LogP contribution is -2.34. The lowest BCUT2D eigenvalue weighted by molar-refractivity contribution is -0.122. The first-order valence-corrected chi connectivity index (χ1v) is 8.68. The number of fused-ring (bicyclic) bond motifs is 2. The smallest absolute Gasteiger partial charge is 0.248 e. The van der Waals surface area contributed by atoms with E-state index in [1.807, 2.05) is 35.8 Å². The molecule has 0 radical (unpaired) electrons. The van der Waals surface area contributed by atoms with Gasteiger partial charge in [-0.05, 0) is 55.3 Å². The third kappa shape index (κ3) is 2.97. The average Bonchev–Trinajstić information content (AvgIpc) is 2.90. The average molecular weight is 335 g/mol. The number of carbonyl (C=O) groups is 1. The molecular weight excluding hydrogens is 314 g/mol.